The van der Waals surface area contributed by atoms with Crippen LogP contribution in [0.4, 0.5) is 5.69 Å². The van der Waals surface area contributed by atoms with Crippen LogP contribution in [0.3, 0.4) is 0 Å². The molecule has 0 amide bonds. The molecule has 6 heteroatoms. The zero-order chi connectivity index (χ0) is 12.8. The lowest BCUT2D eigenvalue weighted by Crippen LogP contribution is -2.17. The molecule has 1 atom stereocenters. The highest BCUT2D eigenvalue weighted by atomic mass is 32.1. The molecule has 1 aliphatic heterocycles. The van der Waals surface area contributed by atoms with Gasteiger partial charge in [-0.2, -0.15) is 9.61 Å². The van der Waals surface area contributed by atoms with E-state index in [1.807, 2.05) is 11.4 Å². The predicted molar refractivity (Wildman–Crippen MR) is 74.8 cm³/mol. The average molecular weight is 271 g/mol. The Morgan fingerprint density at radius 3 is 3.11 bits per heavy atom. The zero-order valence-electron chi connectivity index (χ0n) is 10.5. The molecule has 0 saturated heterocycles. The Hall–Kier alpha value is -1.95. The van der Waals surface area contributed by atoms with Crippen LogP contribution in [0.25, 0.3) is 4.96 Å². The highest BCUT2D eigenvalue weighted by molar-refractivity contribution is 7.16. The fourth-order valence-electron chi connectivity index (χ4n) is 2.60. The first-order valence-electron chi connectivity index (χ1n) is 6.34. The summed E-state index contributed by atoms with van der Waals surface area (Å²) in [4.78, 5) is 0.878. The number of nitrogens with one attached hydrogen (secondary N) is 1. The van der Waals surface area contributed by atoms with Crippen molar-refractivity contribution < 1.29 is 0 Å². The van der Waals surface area contributed by atoms with Gasteiger partial charge in [-0.15, -0.1) is 10.2 Å². The average Bonchev–Trinajstić information content (AvgIpc) is 3.01. The summed E-state index contributed by atoms with van der Waals surface area (Å²) < 4.78 is 1.84. The van der Waals surface area contributed by atoms with Gasteiger partial charge >= 0.3 is 0 Å². The number of rotatable bonds is 1. The van der Waals surface area contributed by atoms with Gasteiger partial charge in [-0.3, -0.25) is 0 Å². The van der Waals surface area contributed by atoms with E-state index in [-0.39, 0.29) is 0 Å². The van der Waals surface area contributed by atoms with Crippen LogP contribution in [0.5, 0.6) is 0 Å². The van der Waals surface area contributed by atoms with E-state index in [2.05, 4.69) is 44.9 Å². The third-order valence-electron chi connectivity index (χ3n) is 3.55. The topological polar surface area (TPSA) is 55.1 Å². The summed E-state index contributed by atoms with van der Waals surface area (Å²) in [6.45, 7) is 2.92. The fourth-order valence-corrected chi connectivity index (χ4v) is 3.63. The molecule has 1 N–H and O–H groups in total. The van der Waals surface area contributed by atoms with E-state index < -0.39 is 0 Å². The first-order chi connectivity index (χ1) is 9.33. The molecular formula is C13H13N5S. The maximum atomic E-state index is 4.68. The Morgan fingerprint density at radius 2 is 2.21 bits per heavy atom. The van der Waals surface area contributed by atoms with Gasteiger partial charge in [-0.25, -0.2) is 0 Å². The van der Waals surface area contributed by atoms with Crippen LogP contribution in [0, 0.1) is 6.92 Å². The van der Waals surface area contributed by atoms with E-state index in [4.69, 9.17) is 0 Å². The second-order valence-electron chi connectivity index (χ2n) is 4.74. The van der Waals surface area contributed by atoms with Crippen molar-refractivity contribution in [1.82, 2.24) is 19.8 Å². The van der Waals surface area contributed by atoms with Crippen LogP contribution in [-0.4, -0.2) is 26.4 Å². The molecule has 0 fully saturated rings. The highest BCUT2D eigenvalue weighted by Gasteiger charge is 2.25. The summed E-state index contributed by atoms with van der Waals surface area (Å²) in [5.41, 5.74) is 2.55. The summed E-state index contributed by atoms with van der Waals surface area (Å²) in [5.74, 6) is 1.21. The molecule has 0 radical (unpaired) electrons. The van der Waals surface area contributed by atoms with Crippen molar-refractivity contribution >= 4 is 22.0 Å². The summed E-state index contributed by atoms with van der Waals surface area (Å²) in [6, 6.07) is 8.47. The van der Waals surface area contributed by atoms with Gasteiger partial charge in [0.05, 0.1) is 0 Å². The second kappa shape index (κ2) is 4.03. The van der Waals surface area contributed by atoms with Crippen LogP contribution in [0.1, 0.15) is 28.7 Å². The minimum atomic E-state index is 0.364. The standard InChI is InChI=1S/C13H13N5S/c1-8-15-16-13-18(8)17-12(19-13)10-6-7-14-11-5-3-2-4-9(10)11/h2-5,10,14H,6-7H2,1H3. The van der Waals surface area contributed by atoms with E-state index >= 15 is 0 Å². The molecule has 3 aromatic rings. The number of aromatic nitrogens is 4. The monoisotopic (exact) mass is 271 g/mol. The lowest BCUT2D eigenvalue weighted by molar-refractivity contribution is 0.694. The highest BCUT2D eigenvalue weighted by Crippen LogP contribution is 2.37. The maximum Gasteiger partial charge on any atom is 0.234 e. The van der Waals surface area contributed by atoms with E-state index in [0.29, 0.717) is 5.92 Å². The molecule has 0 spiro atoms. The van der Waals surface area contributed by atoms with Crippen LogP contribution >= 0.6 is 11.3 Å². The third kappa shape index (κ3) is 1.63. The number of hydrogen-bond donors (Lipinski definition) is 1. The Morgan fingerprint density at radius 1 is 1.32 bits per heavy atom. The van der Waals surface area contributed by atoms with Crippen molar-refractivity contribution in [2.45, 2.75) is 19.3 Å². The molecule has 1 unspecified atom stereocenters. The number of para-hydroxylation sites is 1. The van der Waals surface area contributed by atoms with Crippen LogP contribution in [-0.2, 0) is 0 Å². The van der Waals surface area contributed by atoms with Crippen molar-refractivity contribution in [2.24, 2.45) is 0 Å². The lowest BCUT2D eigenvalue weighted by Gasteiger charge is -2.24. The molecule has 3 heterocycles. The Balaban J connectivity index is 1.84. The van der Waals surface area contributed by atoms with E-state index in [1.165, 1.54) is 11.3 Å². The molecular weight excluding hydrogens is 258 g/mol. The SMILES string of the molecule is Cc1nnc2sc(C3CCNc4ccccc43)nn12. The van der Waals surface area contributed by atoms with Gasteiger partial charge in [0.15, 0.2) is 5.82 Å². The second-order valence-corrected chi connectivity index (χ2v) is 5.72. The fraction of sp³-hybridized carbons (Fsp3) is 0.308. The van der Waals surface area contributed by atoms with Crippen molar-refractivity contribution in [3.05, 3.63) is 40.7 Å². The maximum absolute atomic E-state index is 4.68. The first kappa shape index (κ1) is 10.9. The van der Waals surface area contributed by atoms with Crippen molar-refractivity contribution in [3.8, 4) is 0 Å². The van der Waals surface area contributed by atoms with Gasteiger partial charge < -0.3 is 5.32 Å². The van der Waals surface area contributed by atoms with E-state index in [0.717, 1.165) is 28.8 Å². The number of benzene rings is 1. The van der Waals surface area contributed by atoms with Gasteiger partial charge in [0, 0.05) is 18.2 Å². The normalized spacial score (nSPS) is 18.3. The molecule has 4 rings (SSSR count). The van der Waals surface area contributed by atoms with Crippen molar-refractivity contribution in [2.75, 3.05) is 11.9 Å². The van der Waals surface area contributed by atoms with Gasteiger partial charge in [0.2, 0.25) is 4.96 Å². The Kier molecular flexibility index (Phi) is 2.32. The molecule has 1 aliphatic rings. The summed E-state index contributed by atoms with van der Waals surface area (Å²) in [5, 5.41) is 17.4. The summed E-state index contributed by atoms with van der Waals surface area (Å²) >= 11 is 1.64. The molecule has 0 aliphatic carbocycles. The van der Waals surface area contributed by atoms with Gasteiger partial charge in [-0.1, -0.05) is 29.5 Å². The summed E-state index contributed by atoms with van der Waals surface area (Å²) in [6.07, 6.45) is 1.07. The number of hydrogen-bond acceptors (Lipinski definition) is 5. The predicted octanol–water partition coefficient (Wildman–Crippen LogP) is 2.44. The molecule has 96 valence electrons. The molecule has 0 bridgehead atoms. The Bertz CT molecular complexity index is 744. The summed E-state index contributed by atoms with van der Waals surface area (Å²) in [7, 11) is 0. The number of nitrogens with zero attached hydrogens (tertiary/aromatic N) is 4. The molecule has 1 aromatic carbocycles. The van der Waals surface area contributed by atoms with Gasteiger partial charge in [0.25, 0.3) is 0 Å². The number of fused-ring (bicyclic) bond motifs is 2. The number of aryl methyl sites for hydroxylation is 1. The minimum Gasteiger partial charge on any atom is -0.385 e. The quantitative estimate of drug-likeness (QED) is 0.738. The largest absolute Gasteiger partial charge is 0.385 e. The zero-order valence-corrected chi connectivity index (χ0v) is 11.3. The van der Waals surface area contributed by atoms with E-state index in [1.54, 1.807) is 11.3 Å². The number of anilines is 1. The van der Waals surface area contributed by atoms with E-state index in [9.17, 15) is 0 Å². The van der Waals surface area contributed by atoms with Gasteiger partial charge in [-0.05, 0) is 25.0 Å². The lowest BCUT2D eigenvalue weighted by atomic mass is 9.92. The molecule has 0 saturated carbocycles. The van der Waals surface area contributed by atoms with Crippen LogP contribution in [0.15, 0.2) is 24.3 Å². The smallest absolute Gasteiger partial charge is 0.234 e. The third-order valence-corrected chi connectivity index (χ3v) is 4.56. The minimum absolute atomic E-state index is 0.364. The van der Waals surface area contributed by atoms with Gasteiger partial charge in [0.1, 0.15) is 5.01 Å². The molecule has 2 aromatic heterocycles. The van der Waals surface area contributed by atoms with Crippen molar-refractivity contribution in [1.29, 1.82) is 0 Å². The molecule has 5 nitrogen and oxygen atoms in total. The molecule has 19 heavy (non-hydrogen) atoms. The van der Waals surface area contributed by atoms with Crippen molar-refractivity contribution in [3.63, 3.8) is 0 Å². The Labute approximate surface area is 114 Å². The first-order valence-corrected chi connectivity index (χ1v) is 7.16. The van der Waals surface area contributed by atoms with Crippen LogP contribution in [0.2, 0.25) is 0 Å². The van der Waals surface area contributed by atoms with Crippen LogP contribution < -0.4 is 5.32 Å².